The molecule has 0 amide bonds. The smallest absolute Gasteiger partial charge is 0.0991 e. The first-order chi connectivity index (χ1) is 8.83. The zero-order valence-electron chi connectivity index (χ0n) is 11.0. The molecule has 0 saturated heterocycles. The highest BCUT2D eigenvalue weighted by molar-refractivity contribution is 5.32. The second-order valence-electron chi connectivity index (χ2n) is 4.85. The van der Waals surface area contributed by atoms with Crippen LogP contribution < -0.4 is 5.32 Å². The maximum atomic E-state index is 8.83. The highest BCUT2D eigenvalue weighted by Crippen LogP contribution is 2.25. The largest absolute Gasteiger partial charge is 0.311 e. The predicted molar refractivity (Wildman–Crippen MR) is 73.1 cm³/mol. The monoisotopic (exact) mass is 243 g/mol. The first kappa shape index (κ1) is 13.1. The molecule has 96 valence electrons. The highest BCUT2D eigenvalue weighted by atomic mass is 15.2. The third-order valence-corrected chi connectivity index (χ3v) is 3.43. The Morgan fingerprint density at radius 2 is 2.28 bits per heavy atom. The normalized spacial score (nSPS) is 14.7. The summed E-state index contributed by atoms with van der Waals surface area (Å²) < 4.78 is 0. The molecule has 0 atom stereocenters. The minimum absolute atomic E-state index is 0.738. The second-order valence-corrected chi connectivity index (χ2v) is 4.85. The Balaban J connectivity index is 1.69. The molecule has 0 bridgehead atoms. The third-order valence-electron chi connectivity index (χ3n) is 3.43. The van der Waals surface area contributed by atoms with Crippen molar-refractivity contribution in [3.63, 3.8) is 0 Å². The van der Waals surface area contributed by atoms with E-state index in [0.29, 0.717) is 0 Å². The molecule has 3 heteroatoms. The van der Waals surface area contributed by atoms with Gasteiger partial charge in [-0.15, -0.1) is 0 Å². The van der Waals surface area contributed by atoms with E-state index < -0.39 is 0 Å². The van der Waals surface area contributed by atoms with Crippen molar-refractivity contribution in [2.45, 2.75) is 32.4 Å². The van der Waals surface area contributed by atoms with Crippen LogP contribution in [0.15, 0.2) is 24.3 Å². The van der Waals surface area contributed by atoms with E-state index in [1.165, 1.54) is 18.4 Å². The Kier molecular flexibility index (Phi) is 4.74. The van der Waals surface area contributed by atoms with Gasteiger partial charge < -0.3 is 5.32 Å². The van der Waals surface area contributed by atoms with Gasteiger partial charge >= 0.3 is 0 Å². The Morgan fingerprint density at radius 1 is 1.44 bits per heavy atom. The van der Waals surface area contributed by atoms with Gasteiger partial charge in [-0.05, 0) is 37.1 Å². The molecule has 1 aromatic carbocycles. The summed E-state index contributed by atoms with van der Waals surface area (Å²) in [5.41, 5.74) is 1.92. The molecule has 0 heterocycles. The van der Waals surface area contributed by atoms with Crippen LogP contribution in [-0.4, -0.2) is 30.6 Å². The molecule has 1 N–H and O–H groups in total. The lowest BCUT2D eigenvalue weighted by Crippen LogP contribution is -2.33. The zero-order valence-corrected chi connectivity index (χ0v) is 11.0. The van der Waals surface area contributed by atoms with E-state index in [1.807, 2.05) is 18.2 Å². The predicted octanol–water partition coefficient (Wildman–Crippen LogP) is 2.13. The van der Waals surface area contributed by atoms with E-state index in [1.54, 1.807) is 0 Å². The number of benzene rings is 1. The highest BCUT2D eigenvalue weighted by Gasteiger charge is 2.26. The zero-order chi connectivity index (χ0) is 12.8. The number of likely N-dealkylation sites (N-methyl/N-ethyl adjacent to an activating group) is 1. The fourth-order valence-electron chi connectivity index (χ4n) is 2.24. The molecule has 0 aliphatic heterocycles. The van der Waals surface area contributed by atoms with E-state index in [4.69, 9.17) is 5.26 Å². The Labute approximate surface area is 109 Å². The molecule has 1 aliphatic carbocycles. The number of hydrogen-bond donors (Lipinski definition) is 1. The number of nitrogens with zero attached hydrogens (tertiary/aromatic N) is 2. The lowest BCUT2D eigenvalue weighted by atomic mass is 10.1. The molecule has 18 heavy (non-hydrogen) atoms. The topological polar surface area (TPSA) is 39.1 Å². The molecule has 1 fully saturated rings. The number of hydrogen-bond acceptors (Lipinski definition) is 3. The summed E-state index contributed by atoms with van der Waals surface area (Å²) in [4.78, 5) is 2.54. The van der Waals surface area contributed by atoms with Gasteiger partial charge in [0.15, 0.2) is 0 Å². The van der Waals surface area contributed by atoms with Crippen molar-refractivity contribution in [3.8, 4) is 6.07 Å². The van der Waals surface area contributed by atoms with Crippen molar-refractivity contribution in [1.82, 2.24) is 10.2 Å². The van der Waals surface area contributed by atoms with Gasteiger partial charge in [0.1, 0.15) is 0 Å². The lowest BCUT2D eigenvalue weighted by molar-refractivity contribution is 0.277. The molecule has 0 aromatic heterocycles. The van der Waals surface area contributed by atoms with Crippen LogP contribution in [-0.2, 0) is 6.54 Å². The van der Waals surface area contributed by atoms with E-state index in [9.17, 15) is 0 Å². The Bertz CT molecular complexity index is 418. The molecule has 0 spiro atoms. The van der Waals surface area contributed by atoms with Gasteiger partial charge in [0.05, 0.1) is 11.6 Å². The molecule has 0 unspecified atom stereocenters. The summed E-state index contributed by atoms with van der Waals surface area (Å²) in [7, 11) is 0. The number of rotatable bonds is 7. The van der Waals surface area contributed by atoms with Gasteiger partial charge in [0.2, 0.25) is 0 Å². The summed E-state index contributed by atoms with van der Waals surface area (Å²) in [5.74, 6) is 0. The van der Waals surface area contributed by atoms with E-state index >= 15 is 0 Å². The van der Waals surface area contributed by atoms with Crippen molar-refractivity contribution in [3.05, 3.63) is 35.4 Å². The van der Waals surface area contributed by atoms with Gasteiger partial charge in [-0.2, -0.15) is 5.26 Å². The quantitative estimate of drug-likeness (QED) is 0.746. The average molecular weight is 243 g/mol. The Morgan fingerprint density at radius 3 is 2.94 bits per heavy atom. The van der Waals surface area contributed by atoms with Crippen LogP contribution in [0.2, 0.25) is 0 Å². The standard InChI is InChI=1S/C15H21N3/c1-2-18(15-6-7-15)9-8-17-12-14-5-3-4-13(10-14)11-16/h3-5,10,15,17H,2,6-9,12H2,1H3. The van der Waals surface area contributed by atoms with Gasteiger partial charge in [-0.25, -0.2) is 0 Å². The van der Waals surface area contributed by atoms with Crippen molar-refractivity contribution in [1.29, 1.82) is 5.26 Å². The molecular formula is C15H21N3. The molecule has 2 rings (SSSR count). The average Bonchev–Trinajstić information content (AvgIpc) is 3.23. The van der Waals surface area contributed by atoms with Crippen LogP contribution in [0, 0.1) is 11.3 Å². The van der Waals surface area contributed by atoms with Crippen molar-refractivity contribution < 1.29 is 0 Å². The third kappa shape index (κ3) is 3.83. The van der Waals surface area contributed by atoms with Gasteiger partial charge in [-0.1, -0.05) is 19.1 Å². The van der Waals surface area contributed by atoms with Crippen molar-refractivity contribution >= 4 is 0 Å². The number of nitriles is 1. The van der Waals surface area contributed by atoms with Crippen LogP contribution in [0.3, 0.4) is 0 Å². The summed E-state index contributed by atoms with van der Waals surface area (Å²) >= 11 is 0. The molecule has 1 saturated carbocycles. The minimum Gasteiger partial charge on any atom is -0.311 e. The maximum Gasteiger partial charge on any atom is 0.0991 e. The fourth-order valence-corrected chi connectivity index (χ4v) is 2.24. The van der Waals surface area contributed by atoms with Crippen LogP contribution in [0.25, 0.3) is 0 Å². The number of nitrogens with one attached hydrogen (secondary N) is 1. The van der Waals surface area contributed by atoms with E-state index in [2.05, 4.69) is 29.3 Å². The van der Waals surface area contributed by atoms with Crippen molar-refractivity contribution in [2.24, 2.45) is 0 Å². The first-order valence-corrected chi connectivity index (χ1v) is 6.77. The Hall–Kier alpha value is -1.37. The van der Waals surface area contributed by atoms with Crippen molar-refractivity contribution in [2.75, 3.05) is 19.6 Å². The van der Waals surface area contributed by atoms with Gasteiger partial charge in [-0.3, -0.25) is 4.90 Å². The summed E-state index contributed by atoms with van der Waals surface area (Å²) in [6.07, 6.45) is 2.75. The van der Waals surface area contributed by atoms with Crippen LogP contribution in [0.1, 0.15) is 30.9 Å². The fraction of sp³-hybridized carbons (Fsp3) is 0.533. The summed E-state index contributed by atoms with van der Waals surface area (Å²) in [6, 6.07) is 10.8. The molecule has 1 aromatic rings. The van der Waals surface area contributed by atoms with Gasteiger partial charge in [0.25, 0.3) is 0 Å². The van der Waals surface area contributed by atoms with E-state index in [-0.39, 0.29) is 0 Å². The minimum atomic E-state index is 0.738. The van der Waals surface area contributed by atoms with E-state index in [0.717, 1.165) is 37.8 Å². The summed E-state index contributed by atoms with van der Waals surface area (Å²) in [6.45, 7) is 6.36. The molecule has 0 radical (unpaired) electrons. The van der Waals surface area contributed by atoms with Gasteiger partial charge in [0, 0.05) is 25.7 Å². The van der Waals surface area contributed by atoms with Crippen LogP contribution >= 0.6 is 0 Å². The summed E-state index contributed by atoms with van der Waals surface area (Å²) in [5, 5.41) is 12.3. The van der Waals surface area contributed by atoms with Crippen LogP contribution in [0.4, 0.5) is 0 Å². The second kappa shape index (κ2) is 6.53. The maximum absolute atomic E-state index is 8.83. The van der Waals surface area contributed by atoms with Crippen LogP contribution in [0.5, 0.6) is 0 Å². The molecule has 1 aliphatic rings. The first-order valence-electron chi connectivity index (χ1n) is 6.77. The lowest BCUT2D eigenvalue weighted by Gasteiger charge is -2.19. The molecule has 3 nitrogen and oxygen atoms in total. The molecular weight excluding hydrogens is 222 g/mol. The SMILES string of the molecule is CCN(CCNCc1cccc(C#N)c1)C1CC1.